The molecule has 102 valence electrons. The molecule has 1 aromatic carbocycles. The molecule has 0 fully saturated rings. The van der Waals surface area contributed by atoms with Crippen molar-refractivity contribution < 1.29 is 9.20 Å². The van der Waals surface area contributed by atoms with Crippen molar-refractivity contribution in [2.75, 3.05) is 0 Å². The van der Waals surface area contributed by atoms with E-state index < -0.39 is 0 Å². The molecule has 5 nitrogen and oxygen atoms in total. The highest BCUT2D eigenvalue weighted by Crippen LogP contribution is 2.02. The number of H-pyrrole nitrogens is 1. The van der Waals surface area contributed by atoms with Gasteiger partial charge in [-0.3, -0.25) is 4.52 Å². The van der Waals surface area contributed by atoms with Gasteiger partial charge in [0.1, 0.15) is 0 Å². The zero-order chi connectivity index (χ0) is 13.8. The Bertz CT molecular complexity index is 581. The molecule has 0 aliphatic rings. The van der Waals surface area contributed by atoms with Gasteiger partial charge in [-0.1, -0.05) is 34.5 Å². The van der Waals surface area contributed by atoms with Crippen LogP contribution in [0.4, 0.5) is 0 Å². The van der Waals surface area contributed by atoms with E-state index in [1.807, 2.05) is 13.8 Å². The van der Waals surface area contributed by atoms with Crippen molar-refractivity contribution in [3.63, 3.8) is 0 Å². The molecule has 0 aliphatic carbocycles. The van der Waals surface area contributed by atoms with Gasteiger partial charge in [-0.15, -0.1) is 0 Å². The molecule has 0 aliphatic heterocycles. The maximum absolute atomic E-state index is 11.6. The predicted molar refractivity (Wildman–Crippen MR) is 71.6 cm³/mol. The van der Waals surface area contributed by atoms with E-state index in [2.05, 4.69) is 41.8 Å². The Morgan fingerprint density at radius 3 is 2.58 bits per heavy atom. The van der Waals surface area contributed by atoms with E-state index in [-0.39, 0.29) is 11.7 Å². The maximum Gasteiger partial charge on any atom is 0.431 e. The lowest BCUT2D eigenvalue weighted by Gasteiger charge is -2.03. The molecular weight excluding hydrogens is 242 g/mol. The summed E-state index contributed by atoms with van der Waals surface area (Å²) in [6, 6.07) is 8.49. The van der Waals surface area contributed by atoms with Crippen LogP contribution in [0.2, 0.25) is 0 Å². The molecule has 0 spiro atoms. The van der Waals surface area contributed by atoms with Crippen LogP contribution < -0.4 is 15.6 Å². The smallest absolute Gasteiger partial charge is 0.303 e. The van der Waals surface area contributed by atoms with Gasteiger partial charge >= 0.3 is 11.3 Å². The van der Waals surface area contributed by atoms with E-state index in [0.29, 0.717) is 12.2 Å². The Kier molecular flexibility index (Phi) is 4.16. The molecule has 1 heterocycles. The van der Waals surface area contributed by atoms with Gasteiger partial charge in [0, 0.05) is 6.54 Å². The molecule has 5 heteroatoms. The van der Waals surface area contributed by atoms with E-state index in [0.717, 1.165) is 6.54 Å². The van der Waals surface area contributed by atoms with Gasteiger partial charge in [0.25, 0.3) is 0 Å². The summed E-state index contributed by atoms with van der Waals surface area (Å²) < 4.78 is 6.56. The minimum atomic E-state index is -0.315. The first kappa shape index (κ1) is 13.5. The summed E-state index contributed by atoms with van der Waals surface area (Å²) in [5.41, 5.74) is 2.74. The van der Waals surface area contributed by atoms with E-state index >= 15 is 0 Å². The molecule has 0 radical (unpaired) electrons. The molecule has 2 aromatic rings. The highest BCUT2D eigenvalue weighted by molar-refractivity contribution is 5.21. The molecule has 1 aromatic heterocycles. The number of nitrogens with one attached hydrogen (secondary N) is 2. The third-order valence-corrected chi connectivity index (χ3v) is 3.02. The Hall–Kier alpha value is -1.88. The Morgan fingerprint density at radius 1 is 1.26 bits per heavy atom. The van der Waals surface area contributed by atoms with Crippen molar-refractivity contribution in [3.8, 4) is 0 Å². The summed E-state index contributed by atoms with van der Waals surface area (Å²) in [5.74, 6) is 0. The summed E-state index contributed by atoms with van der Waals surface area (Å²) in [6.07, 6.45) is 0. The monoisotopic (exact) mass is 262 g/mol. The first-order valence-corrected chi connectivity index (χ1v) is 6.46. The van der Waals surface area contributed by atoms with E-state index in [1.54, 1.807) is 4.68 Å². The van der Waals surface area contributed by atoms with Crippen LogP contribution in [0.3, 0.4) is 0 Å². The van der Waals surface area contributed by atoms with Crippen molar-refractivity contribution in [2.24, 2.45) is 0 Å². The maximum atomic E-state index is 11.6. The SMILES string of the molecule is Cc1ccc(CNCc2c(=O)o[nH][n+]2C(C)C)cc1. The van der Waals surface area contributed by atoms with Crippen LogP contribution in [-0.2, 0) is 13.1 Å². The number of aromatic amines is 1. The van der Waals surface area contributed by atoms with E-state index in [9.17, 15) is 4.79 Å². The van der Waals surface area contributed by atoms with Crippen LogP contribution in [0.5, 0.6) is 0 Å². The van der Waals surface area contributed by atoms with E-state index in [4.69, 9.17) is 4.52 Å². The van der Waals surface area contributed by atoms with Crippen LogP contribution in [0, 0.1) is 6.92 Å². The van der Waals surface area contributed by atoms with Crippen LogP contribution in [0.25, 0.3) is 0 Å². The average molecular weight is 262 g/mol. The molecular formula is C14H20N3O2+. The van der Waals surface area contributed by atoms with Gasteiger partial charge in [0.05, 0.1) is 6.54 Å². The summed E-state index contributed by atoms with van der Waals surface area (Å²) in [5, 5.41) is 5.88. The first-order valence-electron chi connectivity index (χ1n) is 6.46. The third kappa shape index (κ3) is 3.32. The van der Waals surface area contributed by atoms with Gasteiger partial charge in [-0.25, -0.2) is 4.79 Å². The highest BCUT2D eigenvalue weighted by Gasteiger charge is 2.22. The van der Waals surface area contributed by atoms with Gasteiger partial charge in [0.2, 0.25) is 0 Å². The van der Waals surface area contributed by atoms with Gasteiger partial charge in [-0.2, -0.15) is 0 Å². The Balaban J connectivity index is 1.98. The number of aryl methyl sites for hydroxylation is 1. The first-order chi connectivity index (χ1) is 9.08. The molecule has 0 unspecified atom stereocenters. The average Bonchev–Trinajstić information content (AvgIpc) is 2.74. The second-order valence-corrected chi connectivity index (χ2v) is 4.98. The zero-order valence-corrected chi connectivity index (χ0v) is 11.6. The van der Waals surface area contributed by atoms with Gasteiger partial charge in [0.15, 0.2) is 6.04 Å². The number of benzene rings is 1. The lowest BCUT2D eigenvalue weighted by Crippen LogP contribution is -2.44. The third-order valence-electron chi connectivity index (χ3n) is 3.02. The molecule has 0 atom stereocenters. The fraction of sp³-hybridized carbons (Fsp3) is 0.429. The lowest BCUT2D eigenvalue weighted by atomic mass is 10.1. The van der Waals surface area contributed by atoms with Gasteiger partial charge in [-0.05, 0) is 31.6 Å². The fourth-order valence-corrected chi connectivity index (χ4v) is 1.91. The molecule has 0 saturated heterocycles. The normalized spacial score (nSPS) is 11.2. The minimum absolute atomic E-state index is 0.169. The summed E-state index contributed by atoms with van der Waals surface area (Å²) in [4.78, 5) is 11.6. The van der Waals surface area contributed by atoms with Crippen molar-refractivity contribution >= 4 is 0 Å². The summed E-state index contributed by atoms with van der Waals surface area (Å²) in [7, 11) is 0. The highest BCUT2D eigenvalue weighted by atomic mass is 16.5. The van der Waals surface area contributed by atoms with E-state index in [1.165, 1.54) is 11.1 Å². The van der Waals surface area contributed by atoms with Crippen LogP contribution in [0.1, 0.15) is 36.7 Å². The second-order valence-electron chi connectivity index (χ2n) is 4.98. The number of nitrogens with zero attached hydrogens (tertiary/aromatic N) is 1. The van der Waals surface area contributed by atoms with Crippen molar-refractivity contribution in [1.29, 1.82) is 0 Å². The van der Waals surface area contributed by atoms with Crippen molar-refractivity contribution in [3.05, 3.63) is 51.5 Å². The molecule has 0 amide bonds. The van der Waals surface area contributed by atoms with Crippen LogP contribution in [-0.4, -0.2) is 5.27 Å². The molecule has 0 bridgehead atoms. The molecule has 0 saturated carbocycles. The molecule has 19 heavy (non-hydrogen) atoms. The Labute approximate surface area is 112 Å². The van der Waals surface area contributed by atoms with Crippen molar-refractivity contribution in [2.45, 2.75) is 39.9 Å². The predicted octanol–water partition coefficient (Wildman–Crippen LogP) is 1.43. The quantitative estimate of drug-likeness (QED) is 0.801. The molecule has 2 N–H and O–H groups in total. The number of hydrogen-bond acceptors (Lipinski definition) is 3. The lowest BCUT2D eigenvalue weighted by molar-refractivity contribution is -0.785. The summed E-state index contributed by atoms with van der Waals surface area (Å²) >= 11 is 0. The van der Waals surface area contributed by atoms with Crippen LogP contribution in [0.15, 0.2) is 33.6 Å². The number of rotatable bonds is 5. The zero-order valence-electron chi connectivity index (χ0n) is 11.6. The number of aromatic nitrogens is 2. The Morgan fingerprint density at radius 2 is 1.95 bits per heavy atom. The summed E-state index contributed by atoms with van der Waals surface area (Å²) in [6.45, 7) is 7.26. The standard InChI is InChI=1S/C14H19N3O2/c1-10(2)17-13(14(18)19-16-17)9-15-8-12-6-4-11(3)5-7-12/h4-7,10,15H,8-9H2,1-3H3/p+1. The fourth-order valence-electron chi connectivity index (χ4n) is 1.91. The minimum Gasteiger partial charge on any atom is -0.303 e. The van der Waals surface area contributed by atoms with Crippen molar-refractivity contribution in [1.82, 2.24) is 10.6 Å². The largest absolute Gasteiger partial charge is 0.431 e. The topological polar surface area (TPSA) is 61.9 Å². The van der Waals surface area contributed by atoms with Gasteiger partial charge < -0.3 is 5.32 Å². The number of hydrogen-bond donors (Lipinski definition) is 2. The molecule has 2 rings (SSSR count). The van der Waals surface area contributed by atoms with Crippen LogP contribution >= 0.6 is 0 Å². The second kappa shape index (κ2) is 5.84.